The van der Waals surface area contributed by atoms with Crippen LogP contribution in [0.1, 0.15) is 23.2 Å². The number of carbonyl (C=O) groups is 2. The lowest BCUT2D eigenvalue weighted by Gasteiger charge is -2.31. The number of hydrogen-bond acceptors (Lipinski definition) is 6. The van der Waals surface area contributed by atoms with Crippen LogP contribution in [0, 0.1) is 11.7 Å². The molecule has 0 radical (unpaired) electrons. The van der Waals surface area contributed by atoms with Gasteiger partial charge in [0, 0.05) is 35.3 Å². The Labute approximate surface area is 177 Å². The van der Waals surface area contributed by atoms with Crippen molar-refractivity contribution in [2.75, 3.05) is 31.6 Å². The molecule has 156 valence electrons. The number of aromatic nitrogens is 1. The van der Waals surface area contributed by atoms with Gasteiger partial charge >= 0.3 is 6.09 Å². The van der Waals surface area contributed by atoms with Gasteiger partial charge in [-0.2, -0.15) is 4.37 Å². The number of amides is 1. The summed E-state index contributed by atoms with van der Waals surface area (Å²) in [5.74, 6) is -0.310. The maximum atomic E-state index is 13.0. The molecule has 2 aromatic carbocycles. The molecule has 0 unspecified atom stereocenters. The number of carbonyl (C=O) groups excluding carboxylic acids is 2. The number of rotatable bonds is 6. The average Bonchev–Trinajstić information content (AvgIpc) is 3.22. The second-order valence-electron chi connectivity index (χ2n) is 7.33. The molecule has 0 spiro atoms. The molecule has 1 amide bonds. The van der Waals surface area contributed by atoms with E-state index in [0.717, 1.165) is 36.0 Å². The van der Waals surface area contributed by atoms with Crippen LogP contribution >= 0.6 is 11.5 Å². The maximum absolute atomic E-state index is 13.0. The van der Waals surface area contributed by atoms with E-state index in [1.54, 1.807) is 18.3 Å². The van der Waals surface area contributed by atoms with Crippen LogP contribution in [0.2, 0.25) is 0 Å². The molecule has 1 fully saturated rings. The van der Waals surface area contributed by atoms with Crippen LogP contribution in [0.3, 0.4) is 0 Å². The largest absolute Gasteiger partial charge is 0.448 e. The number of likely N-dealkylation sites (tertiary alicyclic amines) is 1. The minimum atomic E-state index is -0.486. The first kappa shape index (κ1) is 20.4. The van der Waals surface area contributed by atoms with E-state index in [0.29, 0.717) is 17.8 Å². The number of Topliss-reactive ketones (excluding diaryl/α,β-unsaturated/α-hetero) is 1. The summed E-state index contributed by atoms with van der Waals surface area (Å²) in [5.41, 5.74) is 1.24. The number of benzene rings is 2. The molecule has 0 aliphatic carbocycles. The monoisotopic (exact) mass is 427 g/mol. The summed E-state index contributed by atoms with van der Waals surface area (Å²) >= 11 is 1.38. The first-order valence-electron chi connectivity index (χ1n) is 9.89. The molecule has 30 heavy (non-hydrogen) atoms. The summed E-state index contributed by atoms with van der Waals surface area (Å²) in [7, 11) is 0. The van der Waals surface area contributed by atoms with Gasteiger partial charge in [0.2, 0.25) is 0 Å². The maximum Gasteiger partial charge on any atom is 0.411 e. The van der Waals surface area contributed by atoms with Gasteiger partial charge in [0.25, 0.3) is 0 Å². The van der Waals surface area contributed by atoms with E-state index < -0.39 is 6.09 Å². The zero-order chi connectivity index (χ0) is 20.9. The lowest BCUT2D eigenvalue weighted by Crippen LogP contribution is -2.38. The van der Waals surface area contributed by atoms with E-state index in [1.807, 2.05) is 18.2 Å². The normalized spacial score (nSPS) is 15.2. The van der Waals surface area contributed by atoms with E-state index in [2.05, 4.69) is 14.6 Å². The van der Waals surface area contributed by atoms with Gasteiger partial charge in [-0.3, -0.25) is 15.0 Å². The number of nitrogens with one attached hydrogen (secondary N) is 1. The summed E-state index contributed by atoms with van der Waals surface area (Å²) in [6, 6.07) is 11.3. The number of nitrogens with zero attached hydrogens (tertiary/aromatic N) is 2. The molecule has 1 saturated heterocycles. The molecule has 0 atom stereocenters. The summed E-state index contributed by atoms with van der Waals surface area (Å²) in [5, 5.41) is 3.78. The predicted octanol–water partition coefficient (Wildman–Crippen LogP) is 4.58. The molecule has 1 aromatic heterocycles. The van der Waals surface area contributed by atoms with Gasteiger partial charge in [-0.05, 0) is 79.9 Å². The minimum Gasteiger partial charge on any atom is -0.448 e. The topological polar surface area (TPSA) is 71.5 Å². The Morgan fingerprint density at radius 3 is 2.70 bits per heavy atom. The Hall–Kier alpha value is -2.84. The van der Waals surface area contributed by atoms with E-state index >= 15 is 0 Å². The van der Waals surface area contributed by atoms with Crippen LogP contribution in [0.25, 0.3) is 10.1 Å². The molecule has 0 bridgehead atoms. The molecule has 4 rings (SSSR count). The van der Waals surface area contributed by atoms with Gasteiger partial charge in [-0.25, -0.2) is 9.18 Å². The number of piperidine rings is 1. The van der Waals surface area contributed by atoms with Crippen molar-refractivity contribution < 1.29 is 18.7 Å². The average molecular weight is 428 g/mol. The van der Waals surface area contributed by atoms with Crippen molar-refractivity contribution in [2.45, 2.75) is 12.8 Å². The van der Waals surface area contributed by atoms with Gasteiger partial charge in [0.1, 0.15) is 12.4 Å². The fourth-order valence-corrected chi connectivity index (χ4v) is 4.31. The smallest absolute Gasteiger partial charge is 0.411 e. The van der Waals surface area contributed by atoms with Crippen LogP contribution in [0.4, 0.5) is 14.9 Å². The van der Waals surface area contributed by atoms with Crippen LogP contribution < -0.4 is 5.32 Å². The zero-order valence-corrected chi connectivity index (χ0v) is 17.2. The fourth-order valence-electron chi connectivity index (χ4n) is 3.63. The molecule has 3 aromatic rings. The zero-order valence-electron chi connectivity index (χ0n) is 16.3. The second kappa shape index (κ2) is 9.32. The Morgan fingerprint density at radius 2 is 1.93 bits per heavy atom. The summed E-state index contributed by atoms with van der Waals surface area (Å²) < 4.78 is 23.4. The lowest BCUT2D eigenvalue weighted by atomic mass is 9.89. The van der Waals surface area contributed by atoms with Crippen molar-refractivity contribution >= 4 is 39.2 Å². The first-order chi connectivity index (χ1) is 14.6. The highest BCUT2D eigenvalue weighted by Gasteiger charge is 2.25. The Balaban J connectivity index is 1.18. The van der Waals surface area contributed by atoms with Gasteiger partial charge in [-0.1, -0.05) is 0 Å². The fraction of sp³-hybridized carbons (Fsp3) is 0.318. The van der Waals surface area contributed by atoms with E-state index in [4.69, 9.17) is 4.74 Å². The predicted molar refractivity (Wildman–Crippen MR) is 114 cm³/mol. The Morgan fingerprint density at radius 1 is 1.17 bits per heavy atom. The van der Waals surface area contributed by atoms with Crippen molar-refractivity contribution in [3.63, 3.8) is 0 Å². The molecule has 2 heterocycles. The van der Waals surface area contributed by atoms with Gasteiger partial charge in [-0.15, -0.1) is 0 Å². The van der Waals surface area contributed by atoms with Gasteiger partial charge in [0.05, 0.1) is 4.70 Å². The van der Waals surface area contributed by atoms with E-state index in [9.17, 15) is 14.0 Å². The van der Waals surface area contributed by atoms with Crippen molar-refractivity contribution in [1.82, 2.24) is 9.27 Å². The Kier molecular flexibility index (Phi) is 6.35. The number of ketones is 1. The quantitative estimate of drug-likeness (QED) is 0.583. The van der Waals surface area contributed by atoms with E-state index in [-0.39, 0.29) is 24.1 Å². The third-order valence-corrected chi connectivity index (χ3v) is 6.09. The van der Waals surface area contributed by atoms with Crippen molar-refractivity contribution in [2.24, 2.45) is 5.92 Å². The number of anilines is 1. The number of ether oxygens (including phenoxy) is 1. The molecule has 1 aliphatic rings. The molecule has 0 saturated carbocycles. The van der Waals surface area contributed by atoms with Crippen LogP contribution in [-0.4, -0.2) is 47.4 Å². The molecule has 8 heteroatoms. The number of halogens is 1. The third kappa shape index (κ3) is 5.01. The minimum absolute atomic E-state index is 0.0439. The van der Waals surface area contributed by atoms with Crippen LogP contribution in [-0.2, 0) is 4.74 Å². The molecular weight excluding hydrogens is 405 g/mol. The summed E-state index contributed by atoms with van der Waals surface area (Å²) in [6.45, 7) is 2.44. The molecule has 1 aliphatic heterocycles. The third-order valence-electron chi connectivity index (χ3n) is 5.33. The second-order valence-corrected chi connectivity index (χ2v) is 8.16. The summed E-state index contributed by atoms with van der Waals surface area (Å²) in [4.78, 5) is 26.7. The highest BCUT2D eigenvalue weighted by molar-refractivity contribution is 7.13. The summed E-state index contributed by atoms with van der Waals surface area (Å²) in [6.07, 6.45) is 2.80. The number of hydrogen-bond donors (Lipinski definition) is 1. The van der Waals surface area contributed by atoms with Crippen molar-refractivity contribution in [3.8, 4) is 0 Å². The Bertz CT molecular complexity index is 1030. The standard InChI is InChI=1S/C22H22FN3O3S/c23-18-4-1-15(2-5-18)21(27)16-7-9-26(10-8-16)11-12-29-22(28)25-19-6-3-17-14-24-30-20(17)13-19/h1-6,13-14,16H,7-12H2,(H,25,28). The molecular formula is C22H22FN3O3S. The van der Waals surface area contributed by atoms with Crippen LogP contribution in [0.15, 0.2) is 48.7 Å². The number of fused-ring (bicyclic) bond motifs is 1. The highest BCUT2D eigenvalue weighted by Crippen LogP contribution is 2.23. The van der Waals surface area contributed by atoms with Gasteiger partial charge < -0.3 is 4.74 Å². The van der Waals surface area contributed by atoms with Crippen molar-refractivity contribution in [1.29, 1.82) is 0 Å². The first-order valence-corrected chi connectivity index (χ1v) is 10.7. The lowest BCUT2D eigenvalue weighted by molar-refractivity contribution is 0.0813. The van der Waals surface area contributed by atoms with Crippen LogP contribution in [0.5, 0.6) is 0 Å². The van der Waals surface area contributed by atoms with Gasteiger partial charge in [0.15, 0.2) is 5.78 Å². The SMILES string of the molecule is O=C(Nc1ccc2cnsc2c1)OCCN1CCC(C(=O)c2ccc(F)cc2)CC1. The van der Waals surface area contributed by atoms with Crippen molar-refractivity contribution in [3.05, 3.63) is 60.0 Å². The molecule has 6 nitrogen and oxygen atoms in total. The highest BCUT2D eigenvalue weighted by atomic mass is 32.1. The van der Waals surface area contributed by atoms with E-state index in [1.165, 1.54) is 23.7 Å². The molecule has 1 N–H and O–H groups in total.